The summed E-state index contributed by atoms with van der Waals surface area (Å²) in [4.78, 5) is 4.45. The van der Waals surface area contributed by atoms with Crippen molar-refractivity contribution in [3.05, 3.63) is 35.9 Å². The Morgan fingerprint density at radius 2 is 2.00 bits per heavy atom. The van der Waals surface area contributed by atoms with Gasteiger partial charge in [-0.15, -0.1) is 0 Å². The first-order chi connectivity index (χ1) is 6.36. The van der Waals surface area contributed by atoms with Crippen LogP contribution in [0.4, 0.5) is 0 Å². The van der Waals surface area contributed by atoms with Crippen LogP contribution in [0.5, 0.6) is 0 Å². The average Bonchev–Trinajstić information content (AvgIpc) is 2.19. The first-order valence-corrected chi connectivity index (χ1v) is 4.73. The van der Waals surface area contributed by atoms with Crippen LogP contribution < -0.4 is 5.73 Å². The van der Waals surface area contributed by atoms with Crippen molar-refractivity contribution < 1.29 is 0 Å². The van der Waals surface area contributed by atoms with Gasteiger partial charge in [0, 0.05) is 6.42 Å². The zero-order valence-electron chi connectivity index (χ0n) is 7.61. The fourth-order valence-electron chi connectivity index (χ4n) is 1.72. The van der Waals surface area contributed by atoms with Gasteiger partial charge in [0.05, 0.1) is 11.9 Å². The van der Waals surface area contributed by atoms with E-state index in [4.69, 9.17) is 5.73 Å². The van der Waals surface area contributed by atoms with E-state index in [0.717, 1.165) is 25.1 Å². The normalized spacial score (nSPS) is 22.5. The Labute approximate surface area is 78.5 Å². The molecule has 0 amide bonds. The second-order valence-electron chi connectivity index (χ2n) is 3.44. The molecule has 2 rings (SSSR count). The molecule has 2 nitrogen and oxygen atoms in total. The first kappa shape index (κ1) is 8.30. The molecule has 0 spiro atoms. The smallest absolute Gasteiger partial charge is 0.0944 e. The van der Waals surface area contributed by atoms with E-state index in [9.17, 15) is 0 Å². The summed E-state index contributed by atoms with van der Waals surface area (Å²) in [6.45, 7) is 0. The molecular formula is C11H14N2. The molecule has 0 aliphatic carbocycles. The third-order valence-corrected chi connectivity index (χ3v) is 2.42. The topological polar surface area (TPSA) is 38.4 Å². The van der Waals surface area contributed by atoms with Gasteiger partial charge in [0.2, 0.25) is 0 Å². The minimum absolute atomic E-state index is 0.301. The SMILES string of the molecule is NC1=NC(c2ccccc2)CCC1. The molecule has 0 fully saturated rings. The lowest BCUT2D eigenvalue weighted by molar-refractivity contribution is 0.594. The zero-order chi connectivity index (χ0) is 9.10. The molecule has 13 heavy (non-hydrogen) atoms. The second-order valence-corrected chi connectivity index (χ2v) is 3.44. The molecule has 0 aromatic heterocycles. The number of rotatable bonds is 1. The number of benzene rings is 1. The van der Waals surface area contributed by atoms with Crippen LogP contribution in [0.3, 0.4) is 0 Å². The fourth-order valence-corrected chi connectivity index (χ4v) is 1.72. The van der Waals surface area contributed by atoms with Crippen LogP contribution in [0, 0.1) is 0 Å². The molecule has 1 aliphatic heterocycles. The summed E-state index contributed by atoms with van der Waals surface area (Å²) in [6.07, 6.45) is 3.25. The minimum atomic E-state index is 0.301. The van der Waals surface area contributed by atoms with E-state index in [1.54, 1.807) is 0 Å². The van der Waals surface area contributed by atoms with Crippen LogP contribution in [0.25, 0.3) is 0 Å². The van der Waals surface area contributed by atoms with E-state index < -0.39 is 0 Å². The molecule has 2 N–H and O–H groups in total. The molecular weight excluding hydrogens is 160 g/mol. The highest BCUT2D eigenvalue weighted by molar-refractivity contribution is 5.81. The largest absolute Gasteiger partial charge is 0.387 e. The third-order valence-electron chi connectivity index (χ3n) is 2.42. The average molecular weight is 174 g/mol. The van der Waals surface area contributed by atoms with Crippen molar-refractivity contribution in [3.8, 4) is 0 Å². The second kappa shape index (κ2) is 3.60. The van der Waals surface area contributed by atoms with E-state index in [1.807, 2.05) is 6.07 Å². The zero-order valence-corrected chi connectivity index (χ0v) is 7.61. The van der Waals surface area contributed by atoms with Crippen molar-refractivity contribution in [3.63, 3.8) is 0 Å². The van der Waals surface area contributed by atoms with Crippen LogP contribution in [0.1, 0.15) is 30.9 Å². The Hall–Kier alpha value is -1.31. The summed E-state index contributed by atoms with van der Waals surface area (Å²) in [7, 11) is 0. The summed E-state index contributed by atoms with van der Waals surface area (Å²) in [5, 5.41) is 0. The highest BCUT2D eigenvalue weighted by Gasteiger charge is 2.14. The van der Waals surface area contributed by atoms with Gasteiger partial charge >= 0.3 is 0 Å². The van der Waals surface area contributed by atoms with Crippen LogP contribution in [0.2, 0.25) is 0 Å². The van der Waals surface area contributed by atoms with Gasteiger partial charge < -0.3 is 5.73 Å². The van der Waals surface area contributed by atoms with Crippen molar-refractivity contribution in [2.24, 2.45) is 10.7 Å². The third kappa shape index (κ3) is 1.89. The molecule has 0 saturated carbocycles. The molecule has 0 saturated heterocycles. The Balaban J connectivity index is 2.22. The maximum Gasteiger partial charge on any atom is 0.0944 e. The Bertz CT molecular complexity index is 303. The van der Waals surface area contributed by atoms with Crippen molar-refractivity contribution >= 4 is 5.84 Å². The monoisotopic (exact) mass is 174 g/mol. The molecule has 68 valence electrons. The quantitative estimate of drug-likeness (QED) is 0.696. The number of nitrogens with zero attached hydrogens (tertiary/aromatic N) is 1. The Morgan fingerprint density at radius 1 is 1.23 bits per heavy atom. The van der Waals surface area contributed by atoms with Gasteiger partial charge in [-0.2, -0.15) is 0 Å². The highest BCUT2D eigenvalue weighted by Crippen LogP contribution is 2.26. The van der Waals surface area contributed by atoms with E-state index in [-0.39, 0.29) is 0 Å². The van der Waals surface area contributed by atoms with E-state index in [2.05, 4.69) is 29.3 Å². The lowest BCUT2D eigenvalue weighted by Gasteiger charge is -2.18. The van der Waals surface area contributed by atoms with Gasteiger partial charge in [0.1, 0.15) is 0 Å². The van der Waals surface area contributed by atoms with Gasteiger partial charge in [-0.25, -0.2) is 0 Å². The fraction of sp³-hybridized carbons (Fsp3) is 0.364. The van der Waals surface area contributed by atoms with Gasteiger partial charge in [0.25, 0.3) is 0 Å². The molecule has 1 unspecified atom stereocenters. The summed E-state index contributed by atoms with van der Waals surface area (Å²) in [5.74, 6) is 0.806. The molecule has 0 bridgehead atoms. The molecule has 1 aromatic rings. The molecule has 2 heteroatoms. The number of hydrogen-bond donors (Lipinski definition) is 1. The molecule has 1 atom stereocenters. The maximum absolute atomic E-state index is 5.71. The van der Waals surface area contributed by atoms with Gasteiger partial charge in [-0.05, 0) is 18.4 Å². The first-order valence-electron chi connectivity index (χ1n) is 4.73. The summed E-state index contributed by atoms with van der Waals surface area (Å²) >= 11 is 0. The maximum atomic E-state index is 5.71. The van der Waals surface area contributed by atoms with Crippen LogP contribution in [-0.2, 0) is 0 Å². The lowest BCUT2D eigenvalue weighted by atomic mass is 9.99. The Morgan fingerprint density at radius 3 is 2.69 bits per heavy atom. The molecule has 0 radical (unpaired) electrons. The van der Waals surface area contributed by atoms with E-state index in [0.29, 0.717) is 6.04 Å². The van der Waals surface area contributed by atoms with E-state index >= 15 is 0 Å². The predicted molar refractivity (Wildman–Crippen MR) is 54.7 cm³/mol. The molecule has 1 heterocycles. The summed E-state index contributed by atoms with van der Waals surface area (Å²) in [5.41, 5.74) is 7.00. The van der Waals surface area contributed by atoms with Crippen LogP contribution >= 0.6 is 0 Å². The van der Waals surface area contributed by atoms with E-state index in [1.165, 1.54) is 5.56 Å². The summed E-state index contributed by atoms with van der Waals surface area (Å²) < 4.78 is 0. The molecule has 1 aliphatic rings. The Kier molecular flexibility index (Phi) is 2.30. The van der Waals surface area contributed by atoms with Crippen molar-refractivity contribution in [1.82, 2.24) is 0 Å². The number of nitrogens with two attached hydrogens (primary N) is 1. The van der Waals surface area contributed by atoms with Crippen molar-refractivity contribution in [1.29, 1.82) is 0 Å². The highest BCUT2D eigenvalue weighted by atomic mass is 14.9. The minimum Gasteiger partial charge on any atom is -0.387 e. The van der Waals surface area contributed by atoms with Crippen molar-refractivity contribution in [2.45, 2.75) is 25.3 Å². The van der Waals surface area contributed by atoms with Crippen LogP contribution in [0.15, 0.2) is 35.3 Å². The van der Waals surface area contributed by atoms with Gasteiger partial charge in [-0.3, -0.25) is 4.99 Å². The number of hydrogen-bond acceptors (Lipinski definition) is 2. The van der Waals surface area contributed by atoms with Gasteiger partial charge in [-0.1, -0.05) is 30.3 Å². The lowest BCUT2D eigenvalue weighted by Crippen LogP contribution is -2.17. The van der Waals surface area contributed by atoms with Gasteiger partial charge in [0.15, 0.2) is 0 Å². The summed E-state index contributed by atoms with van der Waals surface area (Å²) in [6, 6.07) is 10.7. The van der Waals surface area contributed by atoms with Crippen LogP contribution in [-0.4, -0.2) is 5.84 Å². The van der Waals surface area contributed by atoms with Crippen molar-refractivity contribution in [2.75, 3.05) is 0 Å². The standard InChI is InChI=1S/C11H14N2/c12-11-8-4-7-10(13-11)9-5-2-1-3-6-9/h1-3,5-6,10H,4,7-8H2,(H2,12,13). The predicted octanol–water partition coefficient (Wildman–Crippen LogP) is 2.27. The number of aliphatic imine (C=N–C) groups is 1. The number of amidine groups is 1. The molecule has 1 aromatic carbocycles.